The van der Waals surface area contributed by atoms with Crippen LogP contribution in [0.5, 0.6) is 0 Å². The fraction of sp³-hybridized carbons (Fsp3) is 0.600. The second-order valence-electron chi connectivity index (χ2n) is 5.32. The molecule has 0 radical (unpaired) electrons. The molecule has 16 heavy (non-hydrogen) atoms. The van der Waals surface area contributed by atoms with Crippen molar-refractivity contribution in [3.8, 4) is 0 Å². The zero-order chi connectivity index (χ0) is 11.4. The molecule has 1 heteroatoms. The second kappa shape index (κ2) is 5.38. The summed E-state index contributed by atoms with van der Waals surface area (Å²) < 4.78 is 0. The molecule has 2 atom stereocenters. The van der Waals surface area contributed by atoms with Gasteiger partial charge >= 0.3 is 0 Å². The maximum atomic E-state index is 3.68. The molecule has 1 nitrogen and oxygen atoms in total. The van der Waals surface area contributed by atoms with Crippen LogP contribution in [-0.2, 0) is 0 Å². The van der Waals surface area contributed by atoms with Crippen molar-refractivity contribution in [2.45, 2.75) is 52.0 Å². The SMILES string of the molecule is Cc1cccc(NC2CCCC(C)CC2)c1. The number of hydrogen-bond acceptors (Lipinski definition) is 1. The maximum Gasteiger partial charge on any atom is 0.0344 e. The largest absolute Gasteiger partial charge is 0.382 e. The van der Waals surface area contributed by atoms with Crippen LogP contribution in [0.4, 0.5) is 5.69 Å². The minimum Gasteiger partial charge on any atom is -0.382 e. The summed E-state index contributed by atoms with van der Waals surface area (Å²) in [7, 11) is 0. The number of aryl methyl sites for hydroxylation is 1. The fourth-order valence-electron chi connectivity index (χ4n) is 2.60. The minimum absolute atomic E-state index is 0.687. The normalized spacial score (nSPS) is 26.1. The van der Waals surface area contributed by atoms with Crippen molar-refractivity contribution < 1.29 is 0 Å². The molecule has 1 aromatic rings. The number of hydrogen-bond donors (Lipinski definition) is 1. The molecule has 2 unspecified atom stereocenters. The number of anilines is 1. The predicted molar refractivity (Wildman–Crippen MR) is 70.8 cm³/mol. The van der Waals surface area contributed by atoms with Gasteiger partial charge in [-0.25, -0.2) is 0 Å². The molecule has 88 valence electrons. The van der Waals surface area contributed by atoms with E-state index in [9.17, 15) is 0 Å². The highest BCUT2D eigenvalue weighted by atomic mass is 14.9. The molecule has 0 spiro atoms. The number of benzene rings is 1. The molecule has 1 N–H and O–H groups in total. The first-order valence-electron chi connectivity index (χ1n) is 6.57. The van der Waals surface area contributed by atoms with Crippen molar-refractivity contribution in [2.75, 3.05) is 5.32 Å². The predicted octanol–water partition coefficient (Wildman–Crippen LogP) is 4.38. The summed E-state index contributed by atoms with van der Waals surface area (Å²) in [6.45, 7) is 4.54. The topological polar surface area (TPSA) is 12.0 Å². The maximum absolute atomic E-state index is 3.68. The van der Waals surface area contributed by atoms with Crippen LogP contribution in [0.15, 0.2) is 24.3 Å². The monoisotopic (exact) mass is 217 g/mol. The lowest BCUT2D eigenvalue weighted by atomic mass is 10.0. The Morgan fingerprint density at radius 1 is 1.12 bits per heavy atom. The third-order valence-corrected chi connectivity index (χ3v) is 3.65. The highest BCUT2D eigenvalue weighted by molar-refractivity contribution is 5.46. The molecule has 0 saturated heterocycles. The van der Waals surface area contributed by atoms with E-state index in [1.807, 2.05) is 0 Å². The lowest BCUT2D eigenvalue weighted by Gasteiger charge is -2.18. The van der Waals surface area contributed by atoms with Crippen molar-refractivity contribution in [3.63, 3.8) is 0 Å². The van der Waals surface area contributed by atoms with E-state index >= 15 is 0 Å². The Kier molecular flexibility index (Phi) is 3.87. The Balaban J connectivity index is 1.93. The molecule has 1 fully saturated rings. The summed E-state index contributed by atoms with van der Waals surface area (Å²) in [5, 5.41) is 3.68. The fourth-order valence-corrected chi connectivity index (χ4v) is 2.60. The zero-order valence-corrected chi connectivity index (χ0v) is 10.5. The van der Waals surface area contributed by atoms with E-state index < -0.39 is 0 Å². The highest BCUT2D eigenvalue weighted by Crippen LogP contribution is 2.25. The summed E-state index contributed by atoms with van der Waals surface area (Å²) in [4.78, 5) is 0. The Labute approximate surface area is 99.3 Å². The summed E-state index contributed by atoms with van der Waals surface area (Å²) in [6, 6.07) is 9.40. The molecular formula is C15H23N. The van der Waals surface area contributed by atoms with Gasteiger partial charge in [-0.2, -0.15) is 0 Å². The van der Waals surface area contributed by atoms with Crippen LogP contribution in [-0.4, -0.2) is 6.04 Å². The van der Waals surface area contributed by atoms with E-state index in [1.165, 1.54) is 43.4 Å². The Hall–Kier alpha value is -0.980. The van der Waals surface area contributed by atoms with Gasteiger partial charge in [-0.3, -0.25) is 0 Å². The lowest BCUT2D eigenvalue weighted by Crippen LogP contribution is -2.18. The molecule has 2 rings (SSSR count). The minimum atomic E-state index is 0.687. The van der Waals surface area contributed by atoms with Crippen LogP contribution in [0.2, 0.25) is 0 Å². The Morgan fingerprint density at radius 3 is 2.81 bits per heavy atom. The van der Waals surface area contributed by atoms with Crippen LogP contribution < -0.4 is 5.32 Å². The first-order valence-corrected chi connectivity index (χ1v) is 6.57. The molecule has 0 amide bonds. The number of nitrogens with one attached hydrogen (secondary N) is 1. The van der Waals surface area contributed by atoms with Crippen molar-refractivity contribution in [1.82, 2.24) is 0 Å². The van der Waals surface area contributed by atoms with E-state index in [2.05, 4.69) is 43.4 Å². The standard InChI is InChI=1S/C15H23N/c1-12-5-3-7-14(10-9-12)16-15-8-4-6-13(2)11-15/h4,6,8,11-12,14,16H,3,5,7,9-10H2,1-2H3. The van der Waals surface area contributed by atoms with Crippen molar-refractivity contribution in [1.29, 1.82) is 0 Å². The molecular weight excluding hydrogens is 194 g/mol. The molecule has 1 aliphatic rings. The van der Waals surface area contributed by atoms with Crippen molar-refractivity contribution >= 4 is 5.69 Å². The molecule has 1 saturated carbocycles. The smallest absolute Gasteiger partial charge is 0.0344 e. The van der Waals surface area contributed by atoms with E-state index in [4.69, 9.17) is 0 Å². The van der Waals surface area contributed by atoms with Gasteiger partial charge in [0.2, 0.25) is 0 Å². The third-order valence-electron chi connectivity index (χ3n) is 3.65. The quantitative estimate of drug-likeness (QED) is 0.725. The number of rotatable bonds is 2. The van der Waals surface area contributed by atoms with Gasteiger partial charge in [-0.15, -0.1) is 0 Å². The average Bonchev–Trinajstić information content (AvgIpc) is 2.44. The summed E-state index contributed by atoms with van der Waals surface area (Å²) >= 11 is 0. The second-order valence-corrected chi connectivity index (χ2v) is 5.32. The molecule has 0 aliphatic heterocycles. The molecule has 1 aliphatic carbocycles. The molecule has 1 aromatic carbocycles. The van der Waals surface area contributed by atoms with Crippen LogP contribution in [0.3, 0.4) is 0 Å². The van der Waals surface area contributed by atoms with Crippen LogP contribution in [0.25, 0.3) is 0 Å². The van der Waals surface area contributed by atoms with Gasteiger partial charge in [0, 0.05) is 11.7 Å². The summed E-state index contributed by atoms with van der Waals surface area (Å²) in [5.41, 5.74) is 2.63. The van der Waals surface area contributed by atoms with Crippen molar-refractivity contribution in [3.05, 3.63) is 29.8 Å². The van der Waals surface area contributed by atoms with Crippen molar-refractivity contribution in [2.24, 2.45) is 5.92 Å². The average molecular weight is 217 g/mol. The van der Waals surface area contributed by atoms with Crippen LogP contribution in [0, 0.1) is 12.8 Å². The van der Waals surface area contributed by atoms with Gasteiger partial charge in [0.1, 0.15) is 0 Å². The summed E-state index contributed by atoms with van der Waals surface area (Å²) in [6.07, 6.45) is 6.83. The van der Waals surface area contributed by atoms with Gasteiger partial charge in [0.05, 0.1) is 0 Å². The molecule has 0 heterocycles. The molecule has 0 bridgehead atoms. The molecule has 0 aromatic heterocycles. The van der Waals surface area contributed by atoms with Gasteiger partial charge < -0.3 is 5.32 Å². The van der Waals surface area contributed by atoms with Gasteiger partial charge in [0.15, 0.2) is 0 Å². The van der Waals surface area contributed by atoms with E-state index in [1.54, 1.807) is 0 Å². The van der Waals surface area contributed by atoms with E-state index in [-0.39, 0.29) is 0 Å². The van der Waals surface area contributed by atoms with Gasteiger partial charge in [-0.1, -0.05) is 31.9 Å². The first-order chi connectivity index (χ1) is 7.74. The zero-order valence-electron chi connectivity index (χ0n) is 10.5. The van der Waals surface area contributed by atoms with Gasteiger partial charge in [-0.05, 0) is 49.8 Å². The van der Waals surface area contributed by atoms with Gasteiger partial charge in [0.25, 0.3) is 0 Å². The third kappa shape index (κ3) is 3.26. The highest BCUT2D eigenvalue weighted by Gasteiger charge is 2.15. The Morgan fingerprint density at radius 2 is 2.00 bits per heavy atom. The first kappa shape index (κ1) is 11.5. The van der Waals surface area contributed by atoms with Crippen LogP contribution >= 0.6 is 0 Å². The van der Waals surface area contributed by atoms with E-state index in [0.29, 0.717) is 6.04 Å². The Bertz CT molecular complexity index is 332. The van der Waals surface area contributed by atoms with E-state index in [0.717, 1.165) is 5.92 Å². The van der Waals surface area contributed by atoms with Crippen LogP contribution in [0.1, 0.15) is 44.6 Å². The summed E-state index contributed by atoms with van der Waals surface area (Å²) in [5.74, 6) is 0.921. The lowest BCUT2D eigenvalue weighted by molar-refractivity contribution is 0.502.